The number of hydrogen-bond acceptors (Lipinski definition) is 5. The summed E-state index contributed by atoms with van der Waals surface area (Å²) in [5, 5.41) is 10.8. The van der Waals surface area contributed by atoms with Crippen LogP contribution < -0.4 is 4.74 Å². The summed E-state index contributed by atoms with van der Waals surface area (Å²) in [4.78, 5) is 14.1. The number of nitro groups is 1. The van der Waals surface area contributed by atoms with Crippen molar-refractivity contribution in [1.29, 1.82) is 0 Å². The van der Waals surface area contributed by atoms with Crippen LogP contribution >= 0.6 is 0 Å². The van der Waals surface area contributed by atoms with E-state index in [1.807, 2.05) is 0 Å². The number of nitrogens with zero attached hydrogens (tertiary/aromatic N) is 2. The van der Waals surface area contributed by atoms with Gasteiger partial charge in [0.15, 0.2) is 0 Å². The van der Waals surface area contributed by atoms with Crippen LogP contribution in [-0.2, 0) is 4.74 Å². The molecule has 1 aromatic rings. The monoisotopic (exact) mass is 266 g/mol. The lowest BCUT2D eigenvalue weighted by Crippen LogP contribution is -2.20. The van der Waals surface area contributed by atoms with Gasteiger partial charge in [0.2, 0.25) is 0 Å². The van der Waals surface area contributed by atoms with Crippen LogP contribution in [0.5, 0.6) is 5.88 Å². The van der Waals surface area contributed by atoms with E-state index in [9.17, 15) is 10.1 Å². The first-order valence-electron chi connectivity index (χ1n) is 6.61. The van der Waals surface area contributed by atoms with Gasteiger partial charge in [0.05, 0.1) is 17.6 Å². The molecule has 1 aromatic heterocycles. The normalized spacial score (nSPS) is 16.2. The summed E-state index contributed by atoms with van der Waals surface area (Å²) < 4.78 is 11.0. The van der Waals surface area contributed by atoms with E-state index >= 15 is 0 Å². The maximum Gasteiger partial charge on any atom is 0.330 e. The fourth-order valence-electron chi connectivity index (χ4n) is 2.22. The Balaban J connectivity index is 1.74. The second kappa shape index (κ2) is 7.04. The molecule has 6 heteroatoms. The Labute approximate surface area is 111 Å². The molecule has 0 aromatic carbocycles. The van der Waals surface area contributed by atoms with Gasteiger partial charge in [-0.3, -0.25) is 10.1 Å². The summed E-state index contributed by atoms with van der Waals surface area (Å²) in [5.74, 6) is 0.0553. The van der Waals surface area contributed by atoms with E-state index < -0.39 is 4.92 Å². The van der Waals surface area contributed by atoms with Crippen LogP contribution in [0.2, 0.25) is 0 Å². The van der Waals surface area contributed by atoms with Gasteiger partial charge in [0.1, 0.15) is 6.61 Å². The Morgan fingerprint density at radius 1 is 1.32 bits per heavy atom. The first kappa shape index (κ1) is 13.7. The van der Waals surface area contributed by atoms with E-state index in [2.05, 4.69) is 4.98 Å². The highest BCUT2D eigenvalue weighted by Gasteiger charge is 2.16. The average Bonchev–Trinajstić information content (AvgIpc) is 2.45. The van der Waals surface area contributed by atoms with E-state index in [1.54, 1.807) is 0 Å². The Bertz CT molecular complexity index is 419. The van der Waals surface area contributed by atoms with Crippen molar-refractivity contribution in [2.75, 3.05) is 13.2 Å². The van der Waals surface area contributed by atoms with Crippen molar-refractivity contribution < 1.29 is 14.4 Å². The quantitative estimate of drug-likeness (QED) is 0.449. The summed E-state index contributed by atoms with van der Waals surface area (Å²) in [7, 11) is 0. The number of pyridine rings is 1. The molecular formula is C13H18N2O4. The van der Waals surface area contributed by atoms with Crippen LogP contribution in [0, 0.1) is 10.1 Å². The Kier molecular flexibility index (Phi) is 5.09. The summed E-state index contributed by atoms with van der Waals surface area (Å²) in [6.45, 7) is 0.729. The van der Waals surface area contributed by atoms with Gasteiger partial charge < -0.3 is 9.47 Å². The van der Waals surface area contributed by atoms with Crippen molar-refractivity contribution in [3.8, 4) is 5.88 Å². The zero-order valence-electron chi connectivity index (χ0n) is 10.8. The number of hydrogen-bond donors (Lipinski definition) is 0. The predicted octanol–water partition coefficient (Wildman–Crippen LogP) is 2.72. The fourth-order valence-corrected chi connectivity index (χ4v) is 2.22. The molecule has 0 atom stereocenters. The second-order valence-corrected chi connectivity index (χ2v) is 4.56. The van der Waals surface area contributed by atoms with Crippen LogP contribution in [-0.4, -0.2) is 29.2 Å². The molecule has 0 N–H and O–H groups in total. The largest absolute Gasteiger partial charge is 0.470 e. The molecule has 0 bridgehead atoms. The third-order valence-corrected chi connectivity index (χ3v) is 3.18. The van der Waals surface area contributed by atoms with Gasteiger partial charge in [-0.05, 0) is 18.9 Å². The first-order valence-corrected chi connectivity index (χ1v) is 6.61. The first-order chi connectivity index (χ1) is 9.27. The molecule has 0 saturated heterocycles. The Morgan fingerprint density at radius 2 is 2.11 bits per heavy atom. The third kappa shape index (κ3) is 4.17. The van der Waals surface area contributed by atoms with Crippen LogP contribution in [0.25, 0.3) is 0 Å². The molecule has 0 unspecified atom stereocenters. The van der Waals surface area contributed by atoms with Gasteiger partial charge in [-0.2, -0.15) is 0 Å². The lowest BCUT2D eigenvalue weighted by Gasteiger charge is -2.21. The van der Waals surface area contributed by atoms with Crippen molar-refractivity contribution >= 4 is 5.69 Å². The van der Waals surface area contributed by atoms with E-state index in [0.29, 0.717) is 12.7 Å². The molecule has 1 aliphatic rings. The predicted molar refractivity (Wildman–Crippen MR) is 69.2 cm³/mol. The molecule has 1 aliphatic carbocycles. The number of aromatic nitrogens is 1. The second-order valence-electron chi connectivity index (χ2n) is 4.56. The number of ether oxygens (including phenoxy) is 2. The van der Waals surface area contributed by atoms with Gasteiger partial charge in [0, 0.05) is 12.3 Å². The van der Waals surface area contributed by atoms with Gasteiger partial charge >= 0.3 is 5.69 Å². The highest BCUT2D eigenvalue weighted by atomic mass is 16.6. The molecule has 1 saturated carbocycles. The molecule has 19 heavy (non-hydrogen) atoms. The smallest absolute Gasteiger partial charge is 0.330 e. The molecule has 0 amide bonds. The SMILES string of the molecule is O=[N+]([O-])c1cccnc1OCCOC1CCCCC1. The number of rotatable bonds is 6. The van der Waals surface area contributed by atoms with Crippen molar-refractivity contribution in [3.05, 3.63) is 28.4 Å². The van der Waals surface area contributed by atoms with Gasteiger partial charge in [-0.15, -0.1) is 0 Å². The van der Waals surface area contributed by atoms with Gasteiger partial charge in [-0.25, -0.2) is 4.98 Å². The zero-order chi connectivity index (χ0) is 13.5. The van der Waals surface area contributed by atoms with Crippen LogP contribution in [0.4, 0.5) is 5.69 Å². The highest BCUT2D eigenvalue weighted by Crippen LogP contribution is 2.23. The molecule has 104 valence electrons. The van der Waals surface area contributed by atoms with Crippen molar-refractivity contribution in [3.63, 3.8) is 0 Å². The Morgan fingerprint density at radius 3 is 2.84 bits per heavy atom. The molecule has 1 fully saturated rings. The lowest BCUT2D eigenvalue weighted by molar-refractivity contribution is -0.386. The fraction of sp³-hybridized carbons (Fsp3) is 0.615. The van der Waals surface area contributed by atoms with Crippen LogP contribution in [0.3, 0.4) is 0 Å². The zero-order valence-corrected chi connectivity index (χ0v) is 10.8. The van der Waals surface area contributed by atoms with Crippen molar-refractivity contribution in [2.45, 2.75) is 38.2 Å². The third-order valence-electron chi connectivity index (χ3n) is 3.18. The van der Waals surface area contributed by atoms with E-state index in [1.165, 1.54) is 37.6 Å². The Hall–Kier alpha value is -1.69. The van der Waals surface area contributed by atoms with Gasteiger partial charge in [-0.1, -0.05) is 19.3 Å². The van der Waals surface area contributed by atoms with Crippen molar-refractivity contribution in [2.24, 2.45) is 0 Å². The molecular weight excluding hydrogens is 248 g/mol. The molecule has 0 aliphatic heterocycles. The minimum atomic E-state index is -0.496. The summed E-state index contributed by atoms with van der Waals surface area (Å²) in [6, 6.07) is 2.90. The van der Waals surface area contributed by atoms with Crippen LogP contribution in [0.15, 0.2) is 18.3 Å². The average molecular weight is 266 g/mol. The summed E-state index contributed by atoms with van der Waals surface area (Å²) >= 11 is 0. The molecule has 0 radical (unpaired) electrons. The minimum Gasteiger partial charge on any atom is -0.470 e. The maximum atomic E-state index is 10.8. The molecule has 0 spiro atoms. The summed E-state index contributed by atoms with van der Waals surface area (Å²) in [6.07, 6.45) is 7.72. The standard InChI is InChI=1S/C13H18N2O4/c16-15(17)12-7-4-8-14-13(12)19-10-9-18-11-5-2-1-3-6-11/h4,7-8,11H,1-3,5-6,9-10H2. The molecule has 2 rings (SSSR count). The van der Waals surface area contributed by atoms with E-state index in [4.69, 9.17) is 9.47 Å². The van der Waals surface area contributed by atoms with E-state index in [0.717, 1.165) is 12.8 Å². The molecule has 6 nitrogen and oxygen atoms in total. The van der Waals surface area contributed by atoms with Gasteiger partial charge in [0.25, 0.3) is 5.88 Å². The minimum absolute atomic E-state index is 0.0553. The summed E-state index contributed by atoms with van der Waals surface area (Å²) in [5.41, 5.74) is -0.111. The van der Waals surface area contributed by atoms with Crippen molar-refractivity contribution in [1.82, 2.24) is 4.98 Å². The maximum absolute atomic E-state index is 10.8. The topological polar surface area (TPSA) is 74.5 Å². The molecule has 1 heterocycles. The van der Waals surface area contributed by atoms with E-state index in [-0.39, 0.29) is 18.2 Å². The lowest BCUT2D eigenvalue weighted by atomic mass is 9.98. The highest BCUT2D eigenvalue weighted by molar-refractivity contribution is 5.39. The van der Waals surface area contributed by atoms with Crippen LogP contribution in [0.1, 0.15) is 32.1 Å².